The van der Waals surface area contributed by atoms with Crippen LogP contribution in [0, 0.1) is 24.4 Å². The van der Waals surface area contributed by atoms with Crippen LogP contribution in [0.3, 0.4) is 0 Å². The normalized spacial score (nSPS) is 16.5. The van der Waals surface area contributed by atoms with Crippen molar-refractivity contribution < 1.29 is 21.6 Å². The Morgan fingerprint density at radius 3 is 2.33 bits per heavy atom. The smallest absolute Gasteiger partial charge is 0.267 e. The van der Waals surface area contributed by atoms with Crippen molar-refractivity contribution in [1.82, 2.24) is 4.90 Å². The summed E-state index contributed by atoms with van der Waals surface area (Å²) in [7, 11) is -2.50. The van der Waals surface area contributed by atoms with Gasteiger partial charge in [0.15, 0.2) is 11.6 Å². The maximum absolute atomic E-state index is 14.5. The van der Waals surface area contributed by atoms with Crippen LogP contribution in [0.4, 0.5) is 18.9 Å². The molecule has 0 N–H and O–H groups in total. The molecule has 4 nitrogen and oxygen atoms in total. The first-order chi connectivity index (χ1) is 12.7. The third kappa shape index (κ3) is 3.82. The van der Waals surface area contributed by atoms with E-state index >= 15 is 0 Å². The van der Waals surface area contributed by atoms with E-state index in [1.165, 1.54) is 31.2 Å². The summed E-state index contributed by atoms with van der Waals surface area (Å²) in [5, 5.41) is 0. The van der Waals surface area contributed by atoms with E-state index in [-0.39, 0.29) is 11.3 Å². The van der Waals surface area contributed by atoms with Crippen LogP contribution in [0.15, 0.2) is 41.3 Å². The van der Waals surface area contributed by atoms with Crippen LogP contribution < -0.4 is 4.31 Å². The molecular formula is C19H21F3N2O2S. The molecule has 3 rings (SSSR count). The molecule has 2 aromatic carbocycles. The van der Waals surface area contributed by atoms with Gasteiger partial charge in [-0.05, 0) is 69.7 Å². The molecule has 0 unspecified atom stereocenters. The zero-order chi connectivity index (χ0) is 19.8. The quantitative estimate of drug-likeness (QED) is 0.789. The Morgan fingerprint density at radius 1 is 1.04 bits per heavy atom. The minimum absolute atomic E-state index is 0.0167. The van der Waals surface area contributed by atoms with Crippen molar-refractivity contribution in [2.75, 3.05) is 24.4 Å². The second kappa shape index (κ2) is 7.52. The summed E-state index contributed by atoms with van der Waals surface area (Å²) in [6.45, 7) is 2.66. The van der Waals surface area contributed by atoms with Crippen molar-refractivity contribution in [2.45, 2.75) is 30.7 Å². The molecule has 1 aliphatic rings. The second-order valence-corrected chi connectivity index (χ2v) is 8.61. The molecule has 1 fully saturated rings. The fourth-order valence-electron chi connectivity index (χ4n) is 3.32. The van der Waals surface area contributed by atoms with Crippen LogP contribution >= 0.6 is 0 Å². The van der Waals surface area contributed by atoms with E-state index in [0.717, 1.165) is 16.4 Å². The maximum atomic E-state index is 14.5. The van der Waals surface area contributed by atoms with Crippen molar-refractivity contribution in [3.05, 3.63) is 59.4 Å². The lowest BCUT2D eigenvalue weighted by Gasteiger charge is -2.37. The topological polar surface area (TPSA) is 40.6 Å². The summed E-state index contributed by atoms with van der Waals surface area (Å²) in [6.07, 6.45) is 1.00. The van der Waals surface area contributed by atoms with E-state index in [9.17, 15) is 21.6 Å². The molecule has 0 spiro atoms. The molecule has 1 saturated heterocycles. The number of halogens is 3. The van der Waals surface area contributed by atoms with Crippen molar-refractivity contribution >= 4 is 15.7 Å². The molecular weight excluding hydrogens is 377 g/mol. The average Bonchev–Trinajstić information content (AvgIpc) is 2.61. The Labute approximate surface area is 157 Å². The molecule has 1 aliphatic heterocycles. The number of benzene rings is 2. The molecule has 146 valence electrons. The highest BCUT2D eigenvalue weighted by atomic mass is 32.2. The summed E-state index contributed by atoms with van der Waals surface area (Å²) >= 11 is 0. The van der Waals surface area contributed by atoms with Crippen molar-refractivity contribution in [2.24, 2.45) is 0 Å². The Bertz CT molecular complexity index is 942. The van der Waals surface area contributed by atoms with Crippen LogP contribution in [-0.4, -0.2) is 39.5 Å². The maximum Gasteiger partial charge on any atom is 0.267 e. The molecule has 0 saturated carbocycles. The summed E-state index contributed by atoms with van der Waals surface area (Å²) in [5.41, 5.74) is 0.119. The summed E-state index contributed by atoms with van der Waals surface area (Å²) < 4.78 is 69.9. The van der Waals surface area contributed by atoms with Gasteiger partial charge in [-0.25, -0.2) is 21.6 Å². The minimum Gasteiger partial charge on any atom is -0.306 e. The van der Waals surface area contributed by atoms with E-state index in [2.05, 4.69) is 4.90 Å². The molecule has 0 aliphatic carbocycles. The van der Waals surface area contributed by atoms with E-state index in [4.69, 9.17) is 0 Å². The number of likely N-dealkylation sites (tertiary alicyclic amines) is 1. The Morgan fingerprint density at radius 2 is 1.70 bits per heavy atom. The monoisotopic (exact) mass is 398 g/mol. The van der Waals surface area contributed by atoms with Crippen molar-refractivity contribution in [3.63, 3.8) is 0 Å². The van der Waals surface area contributed by atoms with E-state index in [1.54, 1.807) is 0 Å². The van der Waals surface area contributed by atoms with Gasteiger partial charge in [-0.1, -0.05) is 12.1 Å². The SMILES string of the molecule is Cc1ccc(S(=O)(=O)N(c2cccc(F)c2)C2CCN(C)CC2)c(F)c1F. The third-order valence-corrected chi connectivity index (χ3v) is 6.76. The van der Waals surface area contributed by atoms with Gasteiger partial charge in [0.1, 0.15) is 10.7 Å². The largest absolute Gasteiger partial charge is 0.306 e. The number of sulfonamides is 1. The lowest BCUT2D eigenvalue weighted by atomic mass is 10.1. The average molecular weight is 398 g/mol. The number of piperidine rings is 1. The summed E-state index contributed by atoms with van der Waals surface area (Å²) in [6, 6.07) is 6.97. The zero-order valence-corrected chi connectivity index (χ0v) is 15.9. The zero-order valence-electron chi connectivity index (χ0n) is 15.1. The highest BCUT2D eigenvalue weighted by Gasteiger charge is 2.36. The second-order valence-electron chi connectivity index (χ2n) is 6.82. The number of aryl methyl sites for hydroxylation is 1. The summed E-state index contributed by atoms with van der Waals surface area (Å²) in [5.74, 6) is -3.21. The Balaban J connectivity index is 2.13. The minimum atomic E-state index is -4.42. The summed E-state index contributed by atoms with van der Waals surface area (Å²) in [4.78, 5) is 1.31. The molecule has 0 atom stereocenters. The molecule has 1 heterocycles. The highest BCUT2D eigenvalue weighted by Crippen LogP contribution is 2.32. The first-order valence-electron chi connectivity index (χ1n) is 8.65. The van der Waals surface area contributed by atoms with Gasteiger partial charge in [-0.15, -0.1) is 0 Å². The van der Waals surface area contributed by atoms with Crippen LogP contribution in [0.1, 0.15) is 18.4 Å². The molecule has 8 heteroatoms. The number of hydrogen-bond acceptors (Lipinski definition) is 3. The van der Waals surface area contributed by atoms with Crippen LogP contribution in [0.25, 0.3) is 0 Å². The number of hydrogen-bond donors (Lipinski definition) is 0. The first-order valence-corrected chi connectivity index (χ1v) is 10.1. The van der Waals surface area contributed by atoms with Gasteiger partial charge in [-0.3, -0.25) is 4.31 Å². The van der Waals surface area contributed by atoms with Gasteiger partial charge >= 0.3 is 0 Å². The fraction of sp³-hybridized carbons (Fsp3) is 0.368. The molecule has 0 radical (unpaired) electrons. The Hall–Kier alpha value is -2.06. The van der Waals surface area contributed by atoms with Crippen LogP contribution in [0.2, 0.25) is 0 Å². The van der Waals surface area contributed by atoms with Crippen LogP contribution in [0.5, 0.6) is 0 Å². The van der Waals surface area contributed by atoms with E-state index in [1.807, 2.05) is 7.05 Å². The molecule has 0 amide bonds. The van der Waals surface area contributed by atoms with Gasteiger partial charge in [0.2, 0.25) is 0 Å². The van der Waals surface area contributed by atoms with Gasteiger partial charge < -0.3 is 4.90 Å². The van der Waals surface area contributed by atoms with Crippen molar-refractivity contribution in [3.8, 4) is 0 Å². The molecule has 0 bridgehead atoms. The van der Waals surface area contributed by atoms with Gasteiger partial charge in [0.25, 0.3) is 10.0 Å². The van der Waals surface area contributed by atoms with Gasteiger partial charge in [0.05, 0.1) is 5.69 Å². The molecule has 27 heavy (non-hydrogen) atoms. The Kier molecular flexibility index (Phi) is 5.48. The number of nitrogens with zero attached hydrogens (tertiary/aromatic N) is 2. The third-order valence-electron chi connectivity index (χ3n) is 4.86. The predicted octanol–water partition coefficient (Wildman–Crippen LogP) is 3.70. The molecule has 2 aromatic rings. The fourth-order valence-corrected chi connectivity index (χ4v) is 5.08. The lowest BCUT2D eigenvalue weighted by Crippen LogP contribution is -2.47. The predicted molar refractivity (Wildman–Crippen MR) is 97.7 cm³/mol. The standard InChI is InChI=1S/C19H21F3N2O2S/c1-13-6-7-17(19(22)18(13)21)27(25,26)24(15-8-10-23(2)11-9-15)16-5-3-4-14(20)12-16/h3-7,12,15H,8-11H2,1-2H3. The van der Waals surface area contributed by atoms with Crippen molar-refractivity contribution in [1.29, 1.82) is 0 Å². The van der Waals surface area contributed by atoms with Crippen LogP contribution in [-0.2, 0) is 10.0 Å². The number of anilines is 1. The first kappa shape index (κ1) is 19.7. The van der Waals surface area contributed by atoms with Gasteiger partial charge in [-0.2, -0.15) is 0 Å². The lowest BCUT2D eigenvalue weighted by molar-refractivity contribution is 0.257. The highest BCUT2D eigenvalue weighted by molar-refractivity contribution is 7.92. The van der Waals surface area contributed by atoms with Gasteiger partial charge in [0, 0.05) is 6.04 Å². The number of rotatable bonds is 4. The van der Waals surface area contributed by atoms with E-state index < -0.39 is 38.4 Å². The van der Waals surface area contributed by atoms with E-state index in [0.29, 0.717) is 25.9 Å². The molecule has 0 aromatic heterocycles.